The number of amides is 1. The summed E-state index contributed by atoms with van der Waals surface area (Å²) in [5, 5.41) is 6.97. The van der Waals surface area contributed by atoms with Crippen LogP contribution in [0.1, 0.15) is 29.9 Å². The summed E-state index contributed by atoms with van der Waals surface area (Å²) in [6.45, 7) is 1.78. The van der Waals surface area contributed by atoms with Crippen molar-refractivity contribution >= 4 is 45.4 Å². The van der Waals surface area contributed by atoms with E-state index in [1.165, 1.54) is 36.6 Å². The summed E-state index contributed by atoms with van der Waals surface area (Å²) in [7, 11) is -2.54. The first-order valence-corrected chi connectivity index (χ1v) is 13.1. The molecule has 1 N–H and O–H groups in total. The number of sulfonamides is 1. The van der Waals surface area contributed by atoms with Gasteiger partial charge in [0, 0.05) is 24.3 Å². The van der Waals surface area contributed by atoms with Crippen LogP contribution in [0.5, 0.6) is 5.75 Å². The van der Waals surface area contributed by atoms with E-state index in [-0.39, 0.29) is 40.9 Å². The zero-order chi connectivity index (χ0) is 25.9. The van der Waals surface area contributed by atoms with E-state index in [4.69, 9.17) is 20.9 Å². The van der Waals surface area contributed by atoms with Crippen LogP contribution in [0.4, 0.5) is 10.1 Å². The lowest BCUT2D eigenvalue weighted by atomic mass is 9.98. The van der Waals surface area contributed by atoms with Gasteiger partial charge in [-0.2, -0.15) is 4.31 Å². The average molecular weight is 534 g/mol. The van der Waals surface area contributed by atoms with Crippen LogP contribution in [0.2, 0.25) is 5.02 Å². The molecular formula is C25H25ClFN3O5S. The molecule has 0 spiro atoms. The summed E-state index contributed by atoms with van der Waals surface area (Å²) in [6, 6.07) is 11.0. The first-order valence-electron chi connectivity index (χ1n) is 11.2. The number of anilines is 1. The Morgan fingerprint density at radius 2 is 2.06 bits per heavy atom. The average Bonchev–Trinajstić information content (AvgIpc) is 3.24. The molecule has 0 radical (unpaired) electrons. The third-order valence-corrected chi connectivity index (χ3v) is 8.24. The summed E-state index contributed by atoms with van der Waals surface area (Å²) >= 11 is 6.14. The molecule has 4 rings (SSSR count). The van der Waals surface area contributed by atoms with Crippen LogP contribution in [0.3, 0.4) is 0 Å². The number of benzene rings is 2. The number of halogens is 2. The lowest BCUT2D eigenvalue weighted by Crippen LogP contribution is -2.43. The minimum absolute atomic E-state index is 0.000852. The minimum Gasteiger partial charge on any atom is -0.495 e. The van der Waals surface area contributed by atoms with Crippen molar-refractivity contribution < 1.29 is 26.9 Å². The highest BCUT2D eigenvalue weighted by molar-refractivity contribution is 7.89. The second kappa shape index (κ2) is 10.8. The predicted molar refractivity (Wildman–Crippen MR) is 135 cm³/mol. The van der Waals surface area contributed by atoms with Gasteiger partial charge in [-0.15, -0.1) is 0 Å². The predicted octanol–water partition coefficient (Wildman–Crippen LogP) is 4.99. The van der Waals surface area contributed by atoms with Gasteiger partial charge in [0.25, 0.3) is 0 Å². The van der Waals surface area contributed by atoms with Gasteiger partial charge in [0.1, 0.15) is 17.3 Å². The fraction of sp³-hybridized carbons (Fsp3) is 0.280. The van der Waals surface area contributed by atoms with Gasteiger partial charge in [0.15, 0.2) is 10.7 Å². The third kappa shape index (κ3) is 5.45. The molecule has 1 aliphatic rings. The highest BCUT2D eigenvalue weighted by Crippen LogP contribution is 2.31. The molecule has 2 heterocycles. The number of aromatic nitrogens is 1. The van der Waals surface area contributed by atoms with E-state index < -0.39 is 21.8 Å². The van der Waals surface area contributed by atoms with Crippen molar-refractivity contribution in [1.82, 2.24) is 9.46 Å². The van der Waals surface area contributed by atoms with Crippen molar-refractivity contribution in [2.24, 2.45) is 5.92 Å². The maximum atomic E-state index is 14.0. The van der Waals surface area contributed by atoms with E-state index in [1.807, 2.05) is 0 Å². The molecule has 1 saturated heterocycles. The normalized spacial score (nSPS) is 16.8. The van der Waals surface area contributed by atoms with Crippen molar-refractivity contribution in [1.29, 1.82) is 0 Å². The van der Waals surface area contributed by atoms with E-state index in [2.05, 4.69) is 10.5 Å². The summed E-state index contributed by atoms with van der Waals surface area (Å²) in [4.78, 5) is 12.8. The number of rotatable bonds is 7. The lowest BCUT2D eigenvalue weighted by Gasteiger charge is -2.31. The van der Waals surface area contributed by atoms with Gasteiger partial charge >= 0.3 is 0 Å². The van der Waals surface area contributed by atoms with Gasteiger partial charge in [0.2, 0.25) is 15.9 Å². The topological polar surface area (TPSA) is 102 Å². The zero-order valence-corrected chi connectivity index (χ0v) is 21.3. The number of hydrogen-bond acceptors (Lipinski definition) is 6. The number of carbonyl (C=O) groups is 1. The van der Waals surface area contributed by atoms with E-state index in [0.717, 1.165) is 0 Å². The van der Waals surface area contributed by atoms with Gasteiger partial charge in [-0.3, -0.25) is 4.79 Å². The van der Waals surface area contributed by atoms with E-state index >= 15 is 0 Å². The standard InChI is InChI=1S/C25H25ClFN3O5S/c1-16-24(23(35-29-16)11-9-17-6-3-4-8-21(17)27)36(32,33)30-13-5-7-18(15-30)25(31)28-19-10-12-22(34-2)20(26)14-19/h3-4,6,8-12,14,18H,5,7,13,15H2,1-2H3,(H,28,31)/b11-9+. The summed E-state index contributed by atoms with van der Waals surface area (Å²) in [5.74, 6) is -0.842. The number of methoxy groups -OCH3 is 1. The Morgan fingerprint density at radius 1 is 1.28 bits per heavy atom. The number of carbonyl (C=O) groups excluding carboxylic acids is 1. The quantitative estimate of drug-likeness (QED) is 0.459. The van der Waals surface area contributed by atoms with Gasteiger partial charge in [-0.1, -0.05) is 35.0 Å². The van der Waals surface area contributed by atoms with Crippen LogP contribution in [0, 0.1) is 18.7 Å². The highest BCUT2D eigenvalue weighted by Gasteiger charge is 2.37. The number of piperidine rings is 1. The summed E-state index contributed by atoms with van der Waals surface area (Å²) in [5.41, 5.74) is 0.951. The highest BCUT2D eigenvalue weighted by atomic mass is 35.5. The number of ether oxygens (including phenoxy) is 1. The molecule has 1 fully saturated rings. The van der Waals surface area contributed by atoms with Crippen LogP contribution < -0.4 is 10.1 Å². The van der Waals surface area contributed by atoms with Gasteiger partial charge in [0.05, 0.1) is 18.1 Å². The van der Waals surface area contributed by atoms with Gasteiger partial charge < -0.3 is 14.6 Å². The minimum atomic E-state index is -4.04. The lowest BCUT2D eigenvalue weighted by molar-refractivity contribution is -0.120. The van der Waals surface area contributed by atoms with Gasteiger partial charge in [-0.05, 0) is 56.2 Å². The maximum Gasteiger partial charge on any atom is 0.248 e. The molecule has 11 heteroatoms. The van der Waals surface area contributed by atoms with E-state index in [0.29, 0.717) is 29.3 Å². The van der Waals surface area contributed by atoms with Gasteiger partial charge in [-0.25, -0.2) is 12.8 Å². The Morgan fingerprint density at radius 3 is 2.78 bits per heavy atom. The number of aryl methyl sites for hydroxylation is 1. The molecule has 36 heavy (non-hydrogen) atoms. The van der Waals surface area contributed by atoms with Crippen molar-refractivity contribution in [3.05, 3.63) is 70.3 Å². The van der Waals surface area contributed by atoms with Crippen molar-refractivity contribution in [3.8, 4) is 5.75 Å². The first-order chi connectivity index (χ1) is 17.2. The number of nitrogens with zero attached hydrogens (tertiary/aromatic N) is 2. The molecule has 0 bridgehead atoms. The Labute approximate surface area is 213 Å². The second-order valence-corrected chi connectivity index (χ2v) is 10.6. The zero-order valence-electron chi connectivity index (χ0n) is 19.7. The van der Waals surface area contributed by atoms with Crippen LogP contribution in [0.25, 0.3) is 12.2 Å². The van der Waals surface area contributed by atoms with Crippen LogP contribution >= 0.6 is 11.6 Å². The van der Waals surface area contributed by atoms with Crippen molar-refractivity contribution in [3.63, 3.8) is 0 Å². The number of nitrogens with one attached hydrogen (secondary N) is 1. The van der Waals surface area contributed by atoms with Crippen molar-refractivity contribution in [2.75, 3.05) is 25.5 Å². The third-order valence-electron chi connectivity index (χ3n) is 5.92. The number of hydrogen-bond donors (Lipinski definition) is 1. The maximum absolute atomic E-state index is 14.0. The molecule has 1 aliphatic heterocycles. The van der Waals surface area contributed by atoms with Crippen LogP contribution in [-0.2, 0) is 14.8 Å². The molecule has 2 aromatic carbocycles. The monoisotopic (exact) mass is 533 g/mol. The molecule has 190 valence electrons. The Balaban J connectivity index is 1.52. The van der Waals surface area contributed by atoms with E-state index in [1.54, 1.807) is 36.4 Å². The SMILES string of the molecule is COc1ccc(NC(=O)C2CCCN(S(=O)(=O)c3c(C)noc3/C=C/c3ccccc3F)C2)cc1Cl. The molecule has 1 aromatic heterocycles. The second-order valence-electron chi connectivity index (χ2n) is 8.36. The Kier molecular flexibility index (Phi) is 7.77. The summed E-state index contributed by atoms with van der Waals surface area (Å²) < 4.78 is 52.7. The first kappa shape index (κ1) is 25.9. The van der Waals surface area contributed by atoms with Crippen LogP contribution in [-0.4, -0.2) is 44.0 Å². The molecule has 1 atom stereocenters. The smallest absolute Gasteiger partial charge is 0.248 e. The molecule has 8 nitrogen and oxygen atoms in total. The molecule has 1 amide bonds. The van der Waals surface area contributed by atoms with Crippen molar-refractivity contribution in [2.45, 2.75) is 24.7 Å². The Hall–Kier alpha value is -3.21. The molecule has 0 saturated carbocycles. The molecule has 3 aromatic rings. The molecule has 1 unspecified atom stereocenters. The summed E-state index contributed by atoms with van der Waals surface area (Å²) in [6.07, 6.45) is 3.85. The molecule has 0 aliphatic carbocycles. The fourth-order valence-corrected chi connectivity index (χ4v) is 6.10. The largest absolute Gasteiger partial charge is 0.495 e. The molecular weight excluding hydrogens is 509 g/mol. The Bertz CT molecular complexity index is 1410. The van der Waals surface area contributed by atoms with Crippen LogP contribution in [0.15, 0.2) is 51.9 Å². The van der Waals surface area contributed by atoms with E-state index in [9.17, 15) is 17.6 Å². The fourth-order valence-electron chi connectivity index (χ4n) is 4.07.